The normalized spacial score (nSPS) is 11.9. The van der Waals surface area contributed by atoms with E-state index in [2.05, 4.69) is 9.71 Å². The van der Waals surface area contributed by atoms with Crippen molar-refractivity contribution in [2.24, 2.45) is 0 Å². The predicted molar refractivity (Wildman–Crippen MR) is 62.4 cm³/mol. The van der Waals surface area contributed by atoms with Crippen LogP contribution in [0.15, 0.2) is 6.20 Å². The number of aromatic nitrogens is 1. The van der Waals surface area contributed by atoms with Crippen molar-refractivity contribution in [3.8, 4) is 0 Å². The fourth-order valence-corrected chi connectivity index (χ4v) is 3.05. The minimum atomic E-state index is -3.12. The van der Waals surface area contributed by atoms with Crippen LogP contribution in [0.4, 0.5) is 0 Å². The molecule has 0 aliphatic carbocycles. The van der Waals surface area contributed by atoms with Gasteiger partial charge in [0.1, 0.15) is 5.01 Å². The number of nitrogens with zero attached hydrogens (tertiary/aromatic N) is 1. The fraction of sp³-hybridized carbons (Fsp3) is 0.667. The third-order valence-electron chi connectivity index (χ3n) is 1.88. The molecule has 1 heterocycles. The predicted octanol–water partition coefficient (Wildman–Crippen LogP) is 1.67. The number of hydrogen-bond donors (Lipinski definition) is 1. The zero-order valence-corrected chi connectivity index (χ0v) is 10.6. The van der Waals surface area contributed by atoms with Crippen LogP contribution in [-0.4, -0.2) is 19.2 Å². The number of rotatable bonds is 6. The monoisotopic (exact) mass is 248 g/mol. The lowest BCUT2D eigenvalue weighted by atomic mass is 10.4. The average Bonchev–Trinajstić information content (AvgIpc) is 2.59. The first-order valence-electron chi connectivity index (χ1n) is 4.92. The summed E-state index contributed by atoms with van der Waals surface area (Å²) in [4.78, 5) is 5.19. The Morgan fingerprint density at radius 2 is 2.27 bits per heavy atom. The van der Waals surface area contributed by atoms with Crippen molar-refractivity contribution < 1.29 is 8.42 Å². The maximum Gasteiger partial charge on any atom is 0.211 e. The van der Waals surface area contributed by atoms with E-state index >= 15 is 0 Å². The number of sulfonamides is 1. The minimum absolute atomic E-state index is 0.202. The molecular formula is C9H16N2O2S2. The molecule has 0 spiro atoms. The molecule has 0 saturated carbocycles. The summed E-state index contributed by atoms with van der Waals surface area (Å²) in [6.45, 7) is 4.23. The van der Waals surface area contributed by atoms with E-state index in [1.54, 1.807) is 6.20 Å². The zero-order chi connectivity index (χ0) is 11.3. The lowest BCUT2D eigenvalue weighted by Crippen LogP contribution is -2.25. The highest BCUT2D eigenvalue weighted by Crippen LogP contribution is 2.10. The van der Waals surface area contributed by atoms with Crippen LogP contribution in [0.2, 0.25) is 0 Å². The Morgan fingerprint density at radius 1 is 1.53 bits per heavy atom. The van der Waals surface area contributed by atoms with Gasteiger partial charge in [0.2, 0.25) is 10.0 Å². The largest absolute Gasteiger partial charge is 0.248 e. The first-order valence-corrected chi connectivity index (χ1v) is 7.39. The maximum atomic E-state index is 11.4. The summed E-state index contributed by atoms with van der Waals surface area (Å²) in [6.07, 6.45) is 3.34. The molecule has 1 N–H and O–H groups in total. The lowest BCUT2D eigenvalue weighted by molar-refractivity contribution is 0.577. The van der Waals surface area contributed by atoms with Gasteiger partial charge >= 0.3 is 0 Å². The van der Waals surface area contributed by atoms with Crippen molar-refractivity contribution >= 4 is 21.4 Å². The molecule has 1 rings (SSSR count). The van der Waals surface area contributed by atoms with Gasteiger partial charge in [-0.25, -0.2) is 18.1 Å². The van der Waals surface area contributed by atoms with E-state index in [-0.39, 0.29) is 5.75 Å². The molecule has 0 unspecified atom stereocenters. The Kier molecular flexibility index (Phi) is 4.69. The first-order chi connectivity index (χ1) is 7.03. The van der Waals surface area contributed by atoms with Gasteiger partial charge in [-0.05, 0) is 13.3 Å². The van der Waals surface area contributed by atoms with Crippen molar-refractivity contribution in [3.63, 3.8) is 0 Å². The molecule has 0 aliphatic heterocycles. The zero-order valence-electron chi connectivity index (χ0n) is 8.99. The SMILES string of the molecule is CCCCS(=O)(=O)NCc1ncc(C)s1. The quantitative estimate of drug-likeness (QED) is 0.833. The van der Waals surface area contributed by atoms with E-state index in [9.17, 15) is 8.42 Å². The molecule has 0 atom stereocenters. The molecule has 0 aliphatic rings. The van der Waals surface area contributed by atoms with E-state index in [4.69, 9.17) is 0 Å². The van der Waals surface area contributed by atoms with Gasteiger partial charge < -0.3 is 0 Å². The Hall–Kier alpha value is -0.460. The summed E-state index contributed by atoms with van der Waals surface area (Å²) in [6, 6.07) is 0. The smallest absolute Gasteiger partial charge is 0.211 e. The van der Waals surface area contributed by atoms with Crippen molar-refractivity contribution in [3.05, 3.63) is 16.1 Å². The highest BCUT2D eigenvalue weighted by molar-refractivity contribution is 7.89. The molecular weight excluding hydrogens is 232 g/mol. The van der Waals surface area contributed by atoms with Crippen LogP contribution >= 0.6 is 11.3 Å². The van der Waals surface area contributed by atoms with E-state index in [0.717, 1.165) is 16.3 Å². The Morgan fingerprint density at radius 3 is 2.80 bits per heavy atom. The Balaban J connectivity index is 2.42. The molecule has 0 aromatic carbocycles. The summed E-state index contributed by atoms with van der Waals surface area (Å²) < 4.78 is 25.4. The summed E-state index contributed by atoms with van der Waals surface area (Å²) >= 11 is 1.51. The van der Waals surface area contributed by atoms with Gasteiger partial charge in [0, 0.05) is 11.1 Å². The molecule has 4 nitrogen and oxygen atoms in total. The Bertz CT molecular complexity index is 398. The summed E-state index contributed by atoms with van der Waals surface area (Å²) in [5, 5.41) is 0.813. The van der Waals surface area contributed by atoms with Crippen molar-refractivity contribution in [2.45, 2.75) is 33.2 Å². The molecule has 0 saturated heterocycles. The number of nitrogens with one attached hydrogen (secondary N) is 1. The fourth-order valence-electron chi connectivity index (χ4n) is 1.06. The van der Waals surface area contributed by atoms with Crippen LogP contribution in [0.25, 0.3) is 0 Å². The van der Waals surface area contributed by atoms with E-state index < -0.39 is 10.0 Å². The summed E-state index contributed by atoms with van der Waals surface area (Å²) in [7, 11) is -3.12. The highest BCUT2D eigenvalue weighted by atomic mass is 32.2. The second-order valence-electron chi connectivity index (χ2n) is 3.36. The summed E-state index contributed by atoms with van der Waals surface area (Å²) in [5.41, 5.74) is 0. The second-order valence-corrected chi connectivity index (χ2v) is 6.60. The third-order valence-corrected chi connectivity index (χ3v) is 4.20. The van der Waals surface area contributed by atoms with E-state index in [1.807, 2.05) is 13.8 Å². The van der Waals surface area contributed by atoms with Crippen LogP contribution < -0.4 is 4.72 Å². The van der Waals surface area contributed by atoms with Crippen LogP contribution in [0, 0.1) is 6.92 Å². The van der Waals surface area contributed by atoms with Crippen LogP contribution in [0.3, 0.4) is 0 Å². The molecule has 0 amide bonds. The molecule has 0 fully saturated rings. The molecule has 15 heavy (non-hydrogen) atoms. The van der Waals surface area contributed by atoms with Gasteiger partial charge in [0.25, 0.3) is 0 Å². The van der Waals surface area contributed by atoms with Gasteiger partial charge in [-0.3, -0.25) is 0 Å². The van der Waals surface area contributed by atoms with E-state index in [0.29, 0.717) is 13.0 Å². The van der Waals surface area contributed by atoms with Gasteiger partial charge in [0.05, 0.1) is 12.3 Å². The number of aryl methyl sites for hydroxylation is 1. The molecule has 0 radical (unpaired) electrons. The Labute approximate surface area is 94.8 Å². The lowest BCUT2D eigenvalue weighted by Gasteiger charge is -2.03. The molecule has 1 aromatic rings. The van der Waals surface area contributed by atoms with Crippen molar-refractivity contribution in [1.82, 2.24) is 9.71 Å². The standard InChI is InChI=1S/C9H16N2O2S2/c1-3-4-5-15(12,13)11-7-9-10-6-8(2)14-9/h6,11H,3-5,7H2,1-2H3. The number of unbranched alkanes of at least 4 members (excludes halogenated alkanes) is 1. The number of thiazole rings is 1. The van der Waals surface area contributed by atoms with Crippen LogP contribution in [-0.2, 0) is 16.6 Å². The molecule has 6 heteroatoms. The van der Waals surface area contributed by atoms with Gasteiger partial charge in [0.15, 0.2) is 0 Å². The van der Waals surface area contributed by atoms with Crippen LogP contribution in [0.1, 0.15) is 29.7 Å². The van der Waals surface area contributed by atoms with E-state index in [1.165, 1.54) is 11.3 Å². The highest BCUT2D eigenvalue weighted by Gasteiger charge is 2.09. The first kappa shape index (κ1) is 12.6. The topological polar surface area (TPSA) is 59.1 Å². The average molecular weight is 248 g/mol. The van der Waals surface area contributed by atoms with Gasteiger partial charge in [-0.1, -0.05) is 13.3 Å². The summed E-state index contributed by atoms with van der Waals surface area (Å²) in [5.74, 6) is 0.202. The number of hydrogen-bond acceptors (Lipinski definition) is 4. The van der Waals surface area contributed by atoms with Gasteiger partial charge in [-0.15, -0.1) is 11.3 Å². The second kappa shape index (κ2) is 5.58. The maximum absolute atomic E-state index is 11.4. The molecule has 0 bridgehead atoms. The molecule has 1 aromatic heterocycles. The van der Waals surface area contributed by atoms with Crippen molar-refractivity contribution in [2.75, 3.05) is 5.75 Å². The van der Waals surface area contributed by atoms with Gasteiger partial charge in [-0.2, -0.15) is 0 Å². The molecule has 86 valence electrons. The third kappa shape index (κ3) is 4.72. The minimum Gasteiger partial charge on any atom is -0.248 e. The van der Waals surface area contributed by atoms with Crippen molar-refractivity contribution in [1.29, 1.82) is 0 Å². The van der Waals surface area contributed by atoms with Crippen LogP contribution in [0.5, 0.6) is 0 Å².